The predicted octanol–water partition coefficient (Wildman–Crippen LogP) is 4.39. The van der Waals surface area contributed by atoms with Crippen molar-refractivity contribution < 1.29 is 14.3 Å². The van der Waals surface area contributed by atoms with Gasteiger partial charge in [0.1, 0.15) is 11.6 Å². The highest BCUT2D eigenvalue weighted by Crippen LogP contribution is 2.31. The number of hydrogen-bond donors (Lipinski definition) is 2. The monoisotopic (exact) mass is 329 g/mol. The van der Waals surface area contributed by atoms with E-state index in [1.807, 2.05) is 0 Å². The first-order chi connectivity index (χ1) is 9.88. The van der Waals surface area contributed by atoms with Crippen molar-refractivity contribution in [3.8, 4) is 0 Å². The number of rotatable bonds is 3. The first kappa shape index (κ1) is 15.3. The highest BCUT2D eigenvalue weighted by Gasteiger charge is 2.15. The highest BCUT2D eigenvalue weighted by molar-refractivity contribution is 6.36. The van der Waals surface area contributed by atoms with E-state index in [1.165, 1.54) is 31.4 Å². The van der Waals surface area contributed by atoms with Gasteiger partial charge in [-0.15, -0.1) is 0 Å². The molecule has 0 saturated carbocycles. The summed E-state index contributed by atoms with van der Waals surface area (Å²) in [4.78, 5) is 15.9. The largest absolute Gasteiger partial charge is 0.465 e. The van der Waals surface area contributed by atoms with Gasteiger partial charge in [-0.25, -0.2) is 14.2 Å². The van der Waals surface area contributed by atoms with Crippen LogP contribution in [0.15, 0.2) is 30.5 Å². The number of benzene rings is 1. The maximum Gasteiger partial charge on any atom is 0.411 e. The zero-order chi connectivity index (χ0) is 15.6. The molecule has 8 heteroatoms. The van der Waals surface area contributed by atoms with Gasteiger partial charge >= 0.3 is 6.09 Å². The van der Waals surface area contributed by atoms with Crippen LogP contribution in [0.5, 0.6) is 0 Å². The summed E-state index contributed by atoms with van der Waals surface area (Å²) < 4.78 is 13.3. The summed E-state index contributed by atoms with van der Waals surface area (Å²) in [5.74, 6) is -0.272. The molecule has 21 heavy (non-hydrogen) atoms. The van der Waals surface area contributed by atoms with Crippen LogP contribution in [0.25, 0.3) is 0 Å². The van der Waals surface area contributed by atoms with Crippen molar-refractivity contribution in [2.24, 2.45) is 0 Å². The van der Waals surface area contributed by atoms with Crippen LogP contribution >= 0.6 is 23.2 Å². The minimum atomic E-state index is -1.22. The van der Waals surface area contributed by atoms with Gasteiger partial charge in [0.25, 0.3) is 0 Å². The average Bonchev–Trinajstić information content (AvgIpc) is 2.42. The van der Waals surface area contributed by atoms with Gasteiger partial charge in [0, 0.05) is 13.2 Å². The molecule has 0 radical (unpaired) electrons. The van der Waals surface area contributed by atoms with E-state index in [4.69, 9.17) is 28.3 Å². The van der Waals surface area contributed by atoms with Crippen LogP contribution in [-0.2, 0) is 0 Å². The molecule has 0 unspecified atom stereocenters. The minimum Gasteiger partial charge on any atom is -0.465 e. The van der Waals surface area contributed by atoms with E-state index in [-0.39, 0.29) is 16.5 Å². The zero-order valence-corrected chi connectivity index (χ0v) is 12.3. The summed E-state index contributed by atoms with van der Waals surface area (Å²) in [6.45, 7) is 0. The number of aromatic nitrogens is 1. The van der Waals surface area contributed by atoms with Gasteiger partial charge in [0.05, 0.1) is 21.4 Å². The van der Waals surface area contributed by atoms with Crippen LogP contribution in [0.3, 0.4) is 0 Å². The number of carbonyl (C=O) groups is 1. The standard InChI is InChI=1S/C13H10Cl2FN3O2/c1-19(13(20)21)11-5-8(16)2-3-10(11)18-12-9(15)4-7(14)6-17-12/h2-6H,1H3,(H,17,18)(H,20,21). The van der Waals surface area contributed by atoms with Crippen LogP contribution < -0.4 is 10.2 Å². The van der Waals surface area contributed by atoms with Crippen LogP contribution in [0.1, 0.15) is 0 Å². The van der Waals surface area contributed by atoms with Gasteiger partial charge in [-0.3, -0.25) is 4.90 Å². The molecule has 5 nitrogen and oxygen atoms in total. The number of halogens is 3. The number of nitrogens with one attached hydrogen (secondary N) is 1. The second-order valence-corrected chi connectivity index (χ2v) is 4.96. The van der Waals surface area contributed by atoms with E-state index < -0.39 is 11.9 Å². The second-order valence-electron chi connectivity index (χ2n) is 4.11. The van der Waals surface area contributed by atoms with Crippen molar-refractivity contribution in [3.05, 3.63) is 46.3 Å². The zero-order valence-electron chi connectivity index (χ0n) is 10.8. The summed E-state index contributed by atoms with van der Waals surface area (Å²) in [6, 6.07) is 5.19. The molecule has 0 saturated heterocycles. The number of nitrogens with zero attached hydrogens (tertiary/aromatic N) is 2. The molecule has 0 fully saturated rings. The van der Waals surface area contributed by atoms with Gasteiger partial charge in [-0.2, -0.15) is 0 Å². The van der Waals surface area contributed by atoms with Crippen LogP contribution in [0, 0.1) is 5.82 Å². The van der Waals surface area contributed by atoms with Crippen molar-refractivity contribution >= 4 is 46.5 Å². The van der Waals surface area contributed by atoms with Gasteiger partial charge in [-0.05, 0) is 24.3 Å². The van der Waals surface area contributed by atoms with Gasteiger partial charge in [-0.1, -0.05) is 23.2 Å². The fourth-order valence-electron chi connectivity index (χ4n) is 1.63. The molecular formula is C13H10Cl2FN3O2. The molecule has 0 atom stereocenters. The molecule has 0 aliphatic heterocycles. The SMILES string of the molecule is CN(C(=O)O)c1cc(F)ccc1Nc1ncc(Cl)cc1Cl. The predicted molar refractivity (Wildman–Crippen MR) is 80.4 cm³/mol. The third-order valence-corrected chi connectivity index (χ3v) is 3.16. The fraction of sp³-hybridized carbons (Fsp3) is 0.0769. The fourth-order valence-corrected chi connectivity index (χ4v) is 2.05. The van der Waals surface area contributed by atoms with Crippen molar-refractivity contribution in [1.82, 2.24) is 4.98 Å². The van der Waals surface area contributed by atoms with E-state index in [0.29, 0.717) is 10.7 Å². The van der Waals surface area contributed by atoms with Crippen molar-refractivity contribution in [2.45, 2.75) is 0 Å². The average molecular weight is 330 g/mol. The Hall–Kier alpha value is -2.05. The number of anilines is 3. The minimum absolute atomic E-state index is 0.135. The maximum absolute atomic E-state index is 13.3. The van der Waals surface area contributed by atoms with E-state index in [9.17, 15) is 9.18 Å². The lowest BCUT2D eigenvalue weighted by Crippen LogP contribution is -2.24. The second kappa shape index (κ2) is 6.15. The van der Waals surface area contributed by atoms with Crippen molar-refractivity contribution in [3.63, 3.8) is 0 Å². The Balaban J connectivity index is 2.42. The number of amides is 1. The molecule has 2 aromatic rings. The van der Waals surface area contributed by atoms with E-state index >= 15 is 0 Å². The lowest BCUT2D eigenvalue weighted by molar-refractivity contribution is 0.203. The van der Waals surface area contributed by atoms with Gasteiger partial charge in [0.2, 0.25) is 0 Å². The first-order valence-electron chi connectivity index (χ1n) is 5.72. The lowest BCUT2D eigenvalue weighted by Gasteiger charge is -2.18. The molecule has 110 valence electrons. The topological polar surface area (TPSA) is 65.5 Å². The molecule has 0 bridgehead atoms. The van der Waals surface area contributed by atoms with Gasteiger partial charge in [0.15, 0.2) is 0 Å². The van der Waals surface area contributed by atoms with E-state index in [1.54, 1.807) is 0 Å². The van der Waals surface area contributed by atoms with Gasteiger partial charge < -0.3 is 10.4 Å². The Morgan fingerprint density at radius 3 is 2.71 bits per heavy atom. The number of hydrogen-bond acceptors (Lipinski definition) is 3. The Bertz CT molecular complexity index is 697. The molecule has 1 amide bonds. The van der Waals surface area contributed by atoms with Crippen molar-refractivity contribution in [1.29, 1.82) is 0 Å². The maximum atomic E-state index is 13.3. The Morgan fingerprint density at radius 2 is 2.10 bits per heavy atom. The van der Waals surface area contributed by atoms with Crippen LogP contribution in [0.2, 0.25) is 10.0 Å². The third kappa shape index (κ3) is 3.53. The molecule has 0 aliphatic carbocycles. The molecular weight excluding hydrogens is 320 g/mol. The molecule has 0 aliphatic rings. The molecule has 1 aromatic carbocycles. The normalized spacial score (nSPS) is 10.3. The Morgan fingerprint density at radius 1 is 1.38 bits per heavy atom. The van der Waals surface area contributed by atoms with Crippen molar-refractivity contribution in [2.75, 3.05) is 17.3 Å². The van der Waals surface area contributed by atoms with Crippen LogP contribution in [-0.4, -0.2) is 23.2 Å². The molecule has 2 N–H and O–H groups in total. The Kier molecular flexibility index (Phi) is 4.50. The number of pyridine rings is 1. The summed E-state index contributed by atoms with van der Waals surface area (Å²) in [5.41, 5.74) is 0.480. The highest BCUT2D eigenvalue weighted by atomic mass is 35.5. The van der Waals surface area contributed by atoms with Crippen LogP contribution in [0.4, 0.5) is 26.4 Å². The third-order valence-electron chi connectivity index (χ3n) is 2.67. The molecule has 1 aromatic heterocycles. The summed E-state index contributed by atoms with van der Waals surface area (Å²) in [5, 5.41) is 12.5. The lowest BCUT2D eigenvalue weighted by atomic mass is 10.2. The molecule has 1 heterocycles. The Labute approximate surface area is 129 Å². The summed E-state index contributed by atoms with van der Waals surface area (Å²) in [7, 11) is 1.30. The number of carboxylic acid groups (broad SMARTS) is 1. The van der Waals surface area contributed by atoms with E-state index in [0.717, 1.165) is 11.0 Å². The smallest absolute Gasteiger partial charge is 0.411 e. The first-order valence-corrected chi connectivity index (χ1v) is 6.48. The quantitative estimate of drug-likeness (QED) is 0.876. The summed E-state index contributed by atoms with van der Waals surface area (Å²) >= 11 is 11.7. The molecule has 0 spiro atoms. The summed E-state index contributed by atoms with van der Waals surface area (Å²) in [6.07, 6.45) is 0.165. The molecule has 2 rings (SSSR count). The van der Waals surface area contributed by atoms with E-state index in [2.05, 4.69) is 10.3 Å².